The molecule has 0 aliphatic carbocycles. The Balaban J connectivity index is 1.68. The Bertz CT molecular complexity index is 663. The molecule has 122 valence electrons. The van der Waals surface area contributed by atoms with Crippen molar-refractivity contribution < 1.29 is 9.84 Å². The summed E-state index contributed by atoms with van der Waals surface area (Å²) in [4.78, 5) is 11.1. The number of aliphatic hydroxyl groups excluding tert-OH is 1. The smallest absolute Gasteiger partial charge is 0.213 e. The average molecular weight is 378 g/mol. The summed E-state index contributed by atoms with van der Waals surface area (Å²) in [5.41, 5.74) is 3.11. The molecule has 2 aromatic heterocycles. The van der Waals surface area contributed by atoms with Crippen molar-refractivity contribution in [3.05, 3.63) is 46.3 Å². The van der Waals surface area contributed by atoms with Crippen molar-refractivity contribution in [2.45, 2.75) is 25.9 Å². The predicted octanol–water partition coefficient (Wildman–Crippen LogP) is 2.74. The van der Waals surface area contributed by atoms with Gasteiger partial charge in [-0.3, -0.25) is 0 Å². The average Bonchev–Trinajstić information content (AvgIpc) is 2.98. The Morgan fingerprint density at radius 3 is 2.96 bits per heavy atom. The van der Waals surface area contributed by atoms with Crippen LogP contribution in [0, 0.1) is 6.92 Å². The summed E-state index contributed by atoms with van der Waals surface area (Å²) in [6, 6.07) is 7.91. The van der Waals surface area contributed by atoms with Crippen LogP contribution in [0.25, 0.3) is 0 Å². The molecular formula is C17H20BrN3O2. The van der Waals surface area contributed by atoms with Gasteiger partial charge >= 0.3 is 0 Å². The molecule has 0 unspecified atom stereocenters. The number of ether oxygens (including phenoxy) is 1. The molecule has 1 fully saturated rings. The molecule has 1 N–H and O–H groups in total. The minimum absolute atomic E-state index is 0.0948. The number of pyridine rings is 2. The van der Waals surface area contributed by atoms with Crippen molar-refractivity contribution >= 4 is 21.6 Å². The van der Waals surface area contributed by atoms with Gasteiger partial charge in [0.2, 0.25) is 5.88 Å². The van der Waals surface area contributed by atoms with Crippen LogP contribution < -0.4 is 9.64 Å². The molecule has 3 rings (SSSR count). The monoisotopic (exact) mass is 377 g/mol. The first-order chi connectivity index (χ1) is 11.2. The third kappa shape index (κ3) is 4.00. The van der Waals surface area contributed by atoms with E-state index in [1.807, 2.05) is 31.3 Å². The van der Waals surface area contributed by atoms with Gasteiger partial charge in [-0.25, -0.2) is 9.97 Å². The molecule has 0 bridgehead atoms. The molecule has 1 atom stereocenters. The number of rotatable bonds is 5. The van der Waals surface area contributed by atoms with Crippen molar-refractivity contribution in [2.24, 2.45) is 0 Å². The van der Waals surface area contributed by atoms with E-state index < -0.39 is 0 Å². The summed E-state index contributed by atoms with van der Waals surface area (Å²) in [5, 5.41) is 9.24. The molecule has 0 saturated carbocycles. The Labute approximate surface area is 144 Å². The summed E-state index contributed by atoms with van der Waals surface area (Å²) >= 11 is 3.39. The van der Waals surface area contributed by atoms with Gasteiger partial charge in [-0.1, -0.05) is 6.07 Å². The SMILES string of the molecule is Cc1ccc(O[C@H]2CCN(c3ccc(Br)nc3CCO)C2)nc1. The van der Waals surface area contributed by atoms with Crippen LogP contribution in [0.2, 0.25) is 0 Å². The number of aliphatic hydroxyl groups is 1. The zero-order valence-electron chi connectivity index (χ0n) is 13.1. The van der Waals surface area contributed by atoms with Gasteiger partial charge in [-0.05, 0) is 40.5 Å². The third-order valence-electron chi connectivity index (χ3n) is 3.92. The second kappa shape index (κ2) is 7.27. The van der Waals surface area contributed by atoms with E-state index in [-0.39, 0.29) is 12.7 Å². The van der Waals surface area contributed by atoms with E-state index in [2.05, 4.69) is 36.9 Å². The molecule has 0 amide bonds. The number of halogens is 1. The zero-order valence-corrected chi connectivity index (χ0v) is 14.7. The van der Waals surface area contributed by atoms with Crippen LogP contribution in [0.5, 0.6) is 5.88 Å². The highest BCUT2D eigenvalue weighted by Gasteiger charge is 2.26. The summed E-state index contributed by atoms with van der Waals surface area (Å²) < 4.78 is 6.77. The van der Waals surface area contributed by atoms with Crippen LogP contribution in [0.4, 0.5) is 5.69 Å². The first kappa shape index (κ1) is 16.2. The van der Waals surface area contributed by atoms with Crippen LogP contribution in [0.15, 0.2) is 35.1 Å². The number of nitrogens with zero attached hydrogens (tertiary/aromatic N) is 3. The van der Waals surface area contributed by atoms with Crippen molar-refractivity contribution in [3.63, 3.8) is 0 Å². The summed E-state index contributed by atoms with van der Waals surface area (Å²) in [7, 11) is 0. The normalized spacial score (nSPS) is 17.5. The van der Waals surface area contributed by atoms with Crippen molar-refractivity contribution in [1.29, 1.82) is 0 Å². The Hall–Kier alpha value is -1.66. The molecule has 5 nitrogen and oxygen atoms in total. The largest absolute Gasteiger partial charge is 0.472 e. The van der Waals surface area contributed by atoms with Crippen LogP contribution in [0.1, 0.15) is 17.7 Å². The number of aryl methyl sites for hydroxylation is 1. The molecule has 2 aromatic rings. The van der Waals surface area contributed by atoms with E-state index in [1.165, 1.54) is 0 Å². The van der Waals surface area contributed by atoms with Gasteiger partial charge in [0, 0.05) is 38.3 Å². The van der Waals surface area contributed by atoms with Gasteiger partial charge < -0.3 is 14.7 Å². The van der Waals surface area contributed by atoms with Gasteiger partial charge in [-0.15, -0.1) is 0 Å². The molecule has 0 radical (unpaired) electrons. The molecule has 6 heteroatoms. The standard InChI is InChI=1S/C17H20BrN3O2/c1-12-2-5-17(19-10-12)23-13-6-8-21(11-13)15-3-4-16(18)20-14(15)7-9-22/h2-5,10,13,22H,6-9,11H2,1H3/t13-/m0/s1. The summed E-state index contributed by atoms with van der Waals surface area (Å²) in [6.45, 7) is 3.82. The third-order valence-corrected chi connectivity index (χ3v) is 4.36. The lowest BCUT2D eigenvalue weighted by Crippen LogP contribution is -2.26. The van der Waals surface area contributed by atoms with Gasteiger partial charge in [0.25, 0.3) is 0 Å². The van der Waals surface area contributed by atoms with Crippen LogP contribution in [0.3, 0.4) is 0 Å². The predicted molar refractivity (Wildman–Crippen MR) is 92.9 cm³/mol. The van der Waals surface area contributed by atoms with E-state index in [9.17, 15) is 5.11 Å². The molecule has 1 saturated heterocycles. The fourth-order valence-electron chi connectivity index (χ4n) is 2.78. The molecule has 1 aliphatic rings. The Morgan fingerprint density at radius 2 is 2.22 bits per heavy atom. The Morgan fingerprint density at radius 1 is 1.35 bits per heavy atom. The van der Waals surface area contributed by atoms with Crippen LogP contribution in [-0.2, 0) is 6.42 Å². The van der Waals surface area contributed by atoms with E-state index in [0.717, 1.165) is 41.1 Å². The van der Waals surface area contributed by atoms with E-state index >= 15 is 0 Å². The summed E-state index contributed by atoms with van der Waals surface area (Å²) in [5.74, 6) is 0.673. The highest BCUT2D eigenvalue weighted by Crippen LogP contribution is 2.27. The lowest BCUT2D eigenvalue weighted by molar-refractivity contribution is 0.216. The maximum atomic E-state index is 9.24. The minimum Gasteiger partial charge on any atom is -0.472 e. The van der Waals surface area contributed by atoms with Gasteiger partial charge in [0.1, 0.15) is 10.7 Å². The fourth-order valence-corrected chi connectivity index (χ4v) is 3.13. The Kier molecular flexibility index (Phi) is 5.13. The molecule has 1 aliphatic heterocycles. The lowest BCUT2D eigenvalue weighted by Gasteiger charge is -2.21. The maximum absolute atomic E-state index is 9.24. The summed E-state index contributed by atoms with van der Waals surface area (Å²) in [6.07, 6.45) is 3.44. The first-order valence-electron chi connectivity index (χ1n) is 7.76. The molecule has 0 spiro atoms. The second-order valence-electron chi connectivity index (χ2n) is 5.72. The highest BCUT2D eigenvalue weighted by molar-refractivity contribution is 9.10. The maximum Gasteiger partial charge on any atom is 0.213 e. The zero-order chi connectivity index (χ0) is 16.2. The van der Waals surface area contributed by atoms with Crippen LogP contribution >= 0.6 is 15.9 Å². The quantitative estimate of drug-likeness (QED) is 0.811. The number of aromatic nitrogens is 2. The highest BCUT2D eigenvalue weighted by atomic mass is 79.9. The van der Waals surface area contributed by atoms with Crippen molar-refractivity contribution in [2.75, 3.05) is 24.6 Å². The first-order valence-corrected chi connectivity index (χ1v) is 8.55. The van der Waals surface area contributed by atoms with Gasteiger partial charge in [-0.2, -0.15) is 0 Å². The molecule has 3 heterocycles. The van der Waals surface area contributed by atoms with E-state index in [4.69, 9.17) is 4.74 Å². The topological polar surface area (TPSA) is 58.5 Å². The number of hydrogen-bond donors (Lipinski definition) is 1. The number of hydrogen-bond acceptors (Lipinski definition) is 5. The van der Waals surface area contributed by atoms with Crippen molar-refractivity contribution in [1.82, 2.24) is 9.97 Å². The lowest BCUT2D eigenvalue weighted by atomic mass is 10.2. The van der Waals surface area contributed by atoms with Crippen molar-refractivity contribution in [3.8, 4) is 5.88 Å². The molecular weight excluding hydrogens is 358 g/mol. The van der Waals surface area contributed by atoms with E-state index in [0.29, 0.717) is 12.3 Å². The molecule has 23 heavy (non-hydrogen) atoms. The van der Waals surface area contributed by atoms with Crippen LogP contribution in [-0.4, -0.2) is 40.9 Å². The number of anilines is 1. The second-order valence-corrected chi connectivity index (χ2v) is 6.53. The minimum atomic E-state index is 0.0948. The van der Waals surface area contributed by atoms with Gasteiger partial charge in [0.15, 0.2) is 0 Å². The fraction of sp³-hybridized carbons (Fsp3) is 0.412. The molecule has 0 aromatic carbocycles. The van der Waals surface area contributed by atoms with Gasteiger partial charge in [0.05, 0.1) is 17.9 Å². The van der Waals surface area contributed by atoms with E-state index in [1.54, 1.807) is 0 Å².